The summed E-state index contributed by atoms with van der Waals surface area (Å²) in [5.74, 6) is 0.392. The van der Waals surface area contributed by atoms with E-state index >= 15 is 0 Å². The van der Waals surface area contributed by atoms with Crippen molar-refractivity contribution < 1.29 is 14.0 Å². The molecule has 0 fully saturated rings. The first-order valence-corrected chi connectivity index (χ1v) is 7.51. The molecule has 7 nitrogen and oxygen atoms in total. The number of hydrogen-bond donors (Lipinski definition) is 2. The van der Waals surface area contributed by atoms with E-state index in [1.165, 1.54) is 0 Å². The van der Waals surface area contributed by atoms with Gasteiger partial charge in [-0.25, -0.2) is 0 Å². The lowest BCUT2D eigenvalue weighted by Crippen LogP contribution is -2.36. The monoisotopic (exact) mass is 316 g/mol. The van der Waals surface area contributed by atoms with Crippen molar-refractivity contribution in [2.24, 2.45) is 0 Å². The first-order chi connectivity index (χ1) is 11.1. The van der Waals surface area contributed by atoms with E-state index in [-0.39, 0.29) is 24.8 Å². The molecule has 0 unspecified atom stereocenters. The highest BCUT2D eigenvalue weighted by Crippen LogP contribution is 2.18. The van der Waals surface area contributed by atoms with Crippen molar-refractivity contribution in [2.45, 2.75) is 26.7 Å². The molecule has 0 aliphatic carbocycles. The normalized spacial score (nSPS) is 10.3. The molecule has 23 heavy (non-hydrogen) atoms. The van der Waals surface area contributed by atoms with Crippen LogP contribution in [0.4, 0.5) is 0 Å². The Kier molecular flexibility index (Phi) is 5.85. The summed E-state index contributed by atoms with van der Waals surface area (Å²) in [5.41, 5.74) is 1.99. The van der Waals surface area contributed by atoms with Crippen LogP contribution in [0.3, 0.4) is 0 Å². The Balaban J connectivity index is 1.81. The van der Waals surface area contributed by atoms with Gasteiger partial charge in [-0.15, -0.1) is 10.2 Å². The first-order valence-electron chi connectivity index (χ1n) is 7.51. The third-order valence-corrected chi connectivity index (χ3v) is 3.15. The molecule has 0 aliphatic heterocycles. The van der Waals surface area contributed by atoms with Gasteiger partial charge in [-0.3, -0.25) is 9.59 Å². The molecule has 0 saturated carbocycles. The van der Waals surface area contributed by atoms with Gasteiger partial charge in [-0.05, 0) is 26.0 Å². The summed E-state index contributed by atoms with van der Waals surface area (Å²) in [5, 5.41) is 13.1. The Morgan fingerprint density at radius 3 is 2.52 bits per heavy atom. The fourth-order valence-corrected chi connectivity index (χ4v) is 1.91. The van der Waals surface area contributed by atoms with Crippen LogP contribution in [-0.4, -0.2) is 35.1 Å². The Morgan fingerprint density at radius 1 is 1.09 bits per heavy atom. The van der Waals surface area contributed by atoms with Crippen LogP contribution >= 0.6 is 0 Å². The van der Waals surface area contributed by atoms with Crippen molar-refractivity contribution in [1.29, 1.82) is 0 Å². The van der Waals surface area contributed by atoms with Gasteiger partial charge in [0.1, 0.15) is 0 Å². The average Bonchev–Trinajstić information content (AvgIpc) is 3.01. The zero-order valence-corrected chi connectivity index (χ0v) is 13.3. The summed E-state index contributed by atoms with van der Waals surface area (Å²) < 4.78 is 5.54. The predicted octanol–water partition coefficient (Wildman–Crippen LogP) is 1.23. The van der Waals surface area contributed by atoms with E-state index in [4.69, 9.17) is 4.42 Å². The summed E-state index contributed by atoms with van der Waals surface area (Å²) >= 11 is 0. The van der Waals surface area contributed by atoms with Gasteiger partial charge in [-0.2, -0.15) is 0 Å². The SMILES string of the molecule is CCNC(=O)CNC(=O)CCc1nnc(-c2ccc(C)cc2)o1. The van der Waals surface area contributed by atoms with Crippen LogP contribution in [0.25, 0.3) is 11.5 Å². The van der Waals surface area contributed by atoms with Gasteiger partial charge < -0.3 is 15.1 Å². The molecular weight excluding hydrogens is 296 g/mol. The fraction of sp³-hybridized carbons (Fsp3) is 0.375. The van der Waals surface area contributed by atoms with Crippen LogP contribution in [0.15, 0.2) is 28.7 Å². The molecule has 0 atom stereocenters. The lowest BCUT2D eigenvalue weighted by atomic mass is 10.1. The van der Waals surface area contributed by atoms with E-state index < -0.39 is 0 Å². The van der Waals surface area contributed by atoms with Gasteiger partial charge in [0, 0.05) is 24.9 Å². The number of nitrogens with zero attached hydrogens (tertiary/aromatic N) is 2. The van der Waals surface area contributed by atoms with Gasteiger partial charge in [0.25, 0.3) is 0 Å². The molecule has 7 heteroatoms. The van der Waals surface area contributed by atoms with Gasteiger partial charge in [0.05, 0.1) is 6.54 Å². The Labute approximate surface area is 134 Å². The molecule has 0 saturated heterocycles. The second kappa shape index (κ2) is 8.07. The van der Waals surface area contributed by atoms with E-state index in [0.29, 0.717) is 24.7 Å². The quantitative estimate of drug-likeness (QED) is 0.801. The minimum absolute atomic E-state index is 0.0227. The number of likely N-dealkylation sites (N-methyl/N-ethyl adjacent to an activating group) is 1. The molecule has 0 bridgehead atoms. The van der Waals surface area contributed by atoms with Crippen LogP contribution in [-0.2, 0) is 16.0 Å². The summed E-state index contributed by atoms with van der Waals surface area (Å²) in [6.45, 7) is 4.34. The Bertz CT molecular complexity index is 664. The van der Waals surface area contributed by atoms with Crippen molar-refractivity contribution in [3.05, 3.63) is 35.7 Å². The Morgan fingerprint density at radius 2 is 1.83 bits per heavy atom. The molecule has 0 spiro atoms. The molecule has 1 heterocycles. The smallest absolute Gasteiger partial charge is 0.247 e. The second-order valence-electron chi connectivity index (χ2n) is 5.10. The highest BCUT2D eigenvalue weighted by molar-refractivity contribution is 5.84. The largest absolute Gasteiger partial charge is 0.421 e. The number of benzene rings is 1. The summed E-state index contributed by atoms with van der Waals surface area (Å²) in [4.78, 5) is 22.9. The van der Waals surface area contributed by atoms with E-state index in [1.54, 1.807) is 0 Å². The standard InChI is InChI=1S/C16H20N4O3/c1-3-17-14(22)10-18-13(21)8-9-15-19-20-16(23-15)12-6-4-11(2)5-7-12/h4-7H,3,8-10H2,1-2H3,(H,17,22)(H,18,21). The molecule has 2 rings (SSSR count). The number of rotatable bonds is 7. The highest BCUT2D eigenvalue weighted by Gasteiger charge is 2.11. The van der Waals surface area contributed by atoms with Gasteiger partial charge in [0.2, 0.25) is 23.6 Å². The molecule has 1 aromatic heterocycles. The van der Waals surface area contributed by atoms with E-state index in [9.17, 15) is 9.59 Å². The molecule has 1 aromatic carbocycles. The second-order valence-corrected chi connectivity index (χ2v) is 5.10. The average molecular weight is 316 g/mol. The van der Waals surface area contributed by atoms with Crippen LogP contribution in [0.2, 0.25) is 0 Å². The minimum Gasteiger partial charge on any atom is -0.421 e. The number of hydrogen-bond acceptors (Lipinski definition) is 5. The van der Waals surface area contributed by atoms with Crippen molar-refractivity contribution in [3.63, 3.8) is 0 Å². The number of aromatic nitrogens is 2. The van der Waals surface area contributed by atoms with Crippen molar-refractivity contribution in [2.75, 3.05) is 13.1 Å². The lowest BCUT2D eigenvalue weighted by Gasteiger charge is -2.04. The zero-order valence-electron chi connectivity index (χ0n) is 13.3. The molecule has 2 amide bonds. The van der Waals surface area contributed by atoms with E-state index in [2.05, 4.69) is 20.8 Å². The topological polar surface area (TPSA) is 97.1 Å². The first kappa shape index (κ1) is 16.7. The molecule has 2 N–H and O–H groups in total. The molecule has 2 aromatic rings. The number of carbonyl (C=O) groups excluding carboxylic acids is 2. The van der Waals surface area contributed by atoms with Gasteiger partial charge in [0.15, 0.2) is 0 Å². The van der Waals surface area contributed by atoms with Crippen LogP contribution in [0.1, 0.15) is 24.8 Å². The number of amides is 2. The van der Waals surface area contributed by atoms with Crippen molar-refractivity contribution in [3.8, 4) is 11.5 Å². The zero-order chi connectivity index (χ0) is 16.7. The van der Waals surface area contributed by atoms with Crippen LogP contribution < -0.4 is 10.6 Å². The third-order valence-electron chi connectivity index (χ3n) is 3.15. The van der Waals surface area contributed by atoms with Crippen LogP contribution in [0, 0.1) is 6.92 Å². The fourth-order valence-electron chi connectivity index (χ4n) is 1.91. The molecule has 0 radical (unpaired) electrons. The predicted molar refractivity (Wildman–Crippen MR) is 84.5 cm³/mol. The summed E-state index contributed by atoms with van der Waals surface area (Å²) in [7, 11) is 0. The van der Waals surface area contributed by atoms with E-state index in [0.717, 1.165) is 11.1 Å². The number of carbonyl (C=O) groups is 2. The maximum absolute atomic E-state index is 11.7. The molecule has 122 valence electrons. The maximum Gasteiger partial charge on any atom is 0.247 e. The minimum atomic E-state index is -0.230. The number of aryl methyl sites for hydroxylation is 2. The van der Waals surface area contributed by atoms with Crippen molar-refractivity contribution in [1.82, 2.24) is 20.8 Å². The Hall–Kier alpha value is -2.70. The third kappa shape index (κ3) is 5.21. The van der Waals surface area contributed by atoms with Crippen molar-refractivity contribution >= 4 is 11.8 Å². The maximum atomic E-state index is 11.7. The highest BCUT2D eigenvalue weighted by atomic mass is 16.4. The summed E-state index contributed by atoms with van der Waals surface area (Å²) in [6.07, 6.45) is 0.523. The number of nitrogens with one attached hydrogen (secondary N) is 2. The lowest BCUT2D eigenvalue weighted by molar-refractivity contribution is -0.126. The van der Waals surface area contributed by atoms with Gasteiger partial charge in [-0.1, -0.05) is 17.7 Å². The molecule has 0 aliphatic rings. The van der Waals surface area contributed by atoms with E-state index in [1.807, 2.05) is 38.1 Å². The van der Waals surface area contributed by atoms with Crippen LogP contribution in [0.5, 0.6) is 0 Å². The summed E-state index contributed by atoms with van der Waals surface area (Å²) in [6, 6.07) is 7.75. The molecular formula is C16H20N4O3. The van der Waals surface area contributed by atoms with Gasteiger partial charge >= 0.3 is 0 Å².